The molecule has 11 heteroatoms. The number of alkyl carbamates (subject to hydrolysis) is 1. The summed E-state index contributed by atoms with van der Waals surface area (Å²) in [6.45, 7) is 12.9. The van der Waals surface area contributed by atoms with E-state index in [1.54, 1.807) is 20.8 Å². The maximum absolute atomic E-state index is 11.9. The second kappa shape index (κ2) is 24.4. The number of hydrogen-bond donors (Lipinski definition) is 3. The number of amides is 3. The Bertz CT molecular complexity index is 585. The first-order valence-corrected chi connectivity index (χ1v) is 13.6. The fraction of sp³-hybridized carbons (Fsp3) is 0.885. The van der Waals surface area contributed by atoms with Crippen LogP contribution in [0.15, 0.2) is 0 Å². The van der Waals surface area contributed by atoms with Gasteiger partial charge in [-0.3, -0.25) is 4.79 Å². The summed E-state index contributed by atoms with van der Waals surface area (Å²) in [7, 11) is 0. The third kappa shape index (κ3) is 28.5. The van der Waals surface area contributed by atoms with Gasteiger partial charge >= 0.3 is 12.1 Å². The third-order valence-electron chi connectivity index (χ3n) is 4.70. The van der Waals surface area contributed by atoms with Crippen molar-refractivity contribution in [2.45, 2.75) is 78.2 Å². The van der Waals surface area contributed by atoms with Gasteiger partial charge in [-0.25, -0.2) is 9.59 Å². The lowest BCUT2D eigenvalue weighted by Crippen LogP contribution is -2.37. The molecule has 0 aromatic heterocycles. The smallest absolute Gasteiger partial charge is 0.407 e. The van der Waals surface area contributed by atoms with Crippen LogP contribution in [0.2, 0.25) is 0 Å². The lowest BCUT2D eigenvalue weighted by molar-refractivity contribution is -0.119. The predicted octanol–water partition coefficient (Wildman–Crippen LogP) is 3.20. The highest BCUT2D eigenvalue weighted by Crippen LogP contribution is 2.06. The average molecular weight is 534 g/mol. The number of unbranched alkanes of at least 4 members (excludes halogenated alkanes) is 2. The Hall–Kier alpha value is -1.95. The van der Waals surface area contributed by atoms with Crippen molar-refractivity contribution in [1.29, 1.82) is 0 Å². The number of rotatable bonds is 24. The van der Waals surface area contributed by atoms with Crippen LogP contribution in [0, 0.1) is 0 Å². The molecule has 3 amide bonds. The molecule has 0 radical (unpaired) electrons. The van der Waals surface area contributed by atoms with Gasteiger partial charge in [0.05, 0.1) is 39.6 Å². The molecule has 0 rings (SSSR count). The van der Waals surface area contributed by atoms with Crippen LogP contribution in [-0.4, -0.2) is 96.0 Å². The van der Waals surface area contributed by atoms with Crippen molar-refractivity contribution in [3.8, 4) is 0 Å². The zero-order valence-corrected chi connectivity index (χ0v) is 23.5. The second-order valence-corrected chi connectivity index (χ2v) is 9.51. The minimum Gasteiger partial charge on any atom is -0.444 e. The van der Waals surface area contributed by atoms with E-state index in [2.05, 4.69) is 22.9 Å². The van der Waals surface area contributed by atoms with Crippen LogP contribution in [0.5, 0.6) is 0 Å². The number of hydrogen-bond acceptors (Lipinski definition) is 8. The summed E-state index contributed by atoms with van der Waals surface area (Å²) in [6, 6.07) is -0.232. The van der Waals surface area contributed by atoms with Gasteiger partial charge in [0.25, 0.3) is 0 Å². The molecule has 0 fully saturated rings. The normalized spacial score (nSPS) is 11.2. The first-order valence-electron chi connectivity index (χ1n) is 13.6. The van der Waals surface area contributed by atoms with Crippen molar-refractivity contribution in [1.82, 2.24) is 16.0 Å². The second-order valence-electron chi connectivity index (χ2n) is 9.51. The fourth-order valence-corrected chi connectivity index (χ4v) is 2.95. The number of urea groups is 1. The van der Waals surface area contributed by atoms with Crippen LogP contribution in [0.25, 0.3) is 0 Å². The highest BCUT2D eigenvalue weighted by molar-refractivity contribution is 5.78. The highest BCUT2D eigenvalue weighted by atomic mass is 16.6. The van der Waals surface area contributed by atoms with Crippen molar-refractivity contribution in [2.75, 3.05) is 72.5 Å². The molecule has 0 spiro atoms. The van der Waals surface area contributed by atoms with E-state index in [1.807, 2.05) is 0 Å². The van der Waals surface area contributed by atoms with Crippen molar-refractivity contribution in [3.05, 3.63) is 0 Å². The van der Waals surface area contributed by atoms with Gasteiger partial charge in [-0.05, 0) is 46.5 Å². The summed E-state index contributed by atoms with van der Waals surface area (Å²) in [5.74, 6) is 0.263. The fourth-order valence-electron chi connectivity index (χ4n) is 2.95. The molecule has 218 valence electrons. The number of Topliss-reactive ketones (excluding diaryl/α,β-unsaturated/α-hetero) is 1. The quantitative estimate of drug-likeness (QED) is 0.161. The van der Waals surface area contributed by atoms with Crippen LogP contribution in [0.4, 0.5) is 9.59 Å². The van der Waals surface area contributed by atoms with E-state index in [4.69, 9.17) is 23.7 Å². The first kappa shape index (κ1) is 35.0. The molecule has 0 aliphatic heterocycles. The van der Waals surface area contributed by atoms with Crippen molar-refractivity contribution in [3.63, 3.8) is 0 Å². The molecule has 0 aromatic rings. The topological polar surface area (TPSA) is 133 Å². The summed E-state index contributed by atoms with van der Waals surface area (Å²) in [6.07, 6.45) is 4.98. The Morgan fingerprint density at radius 2 is 1.14 bits per heavy atom. The molecule has 0 aliphatic carbocycles. The van der Waals surface area contributed by atoms with Gasteiger partial charge in [0.15, 0.2) is 0 Å². The van der Waals surface area contributed by atoms with E-state index in [0.717, 1.165) is 38.7 Å². The minimum atomic E-state index is -0.522. The van der Waals surface area contributed by atoms with Crippen LogP contribution in [0.1, 0.15) is 72.6 Å². The van der Waals surface area contributed by atoms with Crippen molar-refractivity contribution < 1.29 is 38.1 Å². The third-order valence-corrected chi connectivity index (χ3v) is 4.70. The van der Waals surface area contributed by atoms with Gasteiger partial charge < -0.3 is 39.6 Å². The van der Waals surface area contributed by atoms with Crippen molar-refractivity contribution in [2.24, 2.45) is 0 Å². The largest absolute Gasteiger partial charge is 0.444 e. The van der Waals surface area contributed by atoms with Gasteiger partial charge in [-0.2, -0.15) is 0 Å². The van der Waals surface area contributed by atoms with Crippen LogP contribution < -0.4 is 16.0 Å². The Kier molecular flexibility index (Phi) is 23.1. The Morgan fingerprint density at radius 1 is 0.595 bits per heavy atom. The Balaban J connectivity index is 3.35. The van der Waals surface area contributed by atoms with Gasteiger partial charge in [-0.15, -0.1) is 0 Å². The maximum atomic E-state index is 11.9. The number of ether oxygens (including phenoxy) is 5. The molecule has 0 bridgehead atoms. The summed E-state index contributed by atoms with van der Waals surface area (Å²) >= 11 is 0. The molecular weight excluding hydrogens is 482 g/mol. The molecule has 0 aliphatic rings. The molecule has 0 heterocycles. The number of carbonyl (C=O) groups is 3. The first-order chi connectivity index (χ1) is 17.7. The van der Waals surface area contributed by atoms with Gasteiger partial charge in [0, 0.05) is 45.7 Å². The summed E-state index contributed by atoms with van der Waals surface area (Å²) in [5.41, 5.74) is -0.522. The number of ketones is 1. The summed E-state index contributed by atoms with van der Waals surface area (Å²) < 4.78 is 26.6. The maximum Gasteiger partial charge on any atom is 0.407 e. The molecule has 37 heavy (non-hydrogen) atoms. The van der Waals surface area contributed by atoms with Gasteiger partial charge in [-0.1, -0.05) is 13.3 Å². The predicted molar refractivity (Wildman–Crippen MR) is 142 cm³/mol. The molecule has 0 aromatic carbocycles. The van der Waals surface area contributed by atoms with Crippen LogP contribution >= 0.6 is 0 Å². The van der Waals surface area contributed by atoms with E-state index < -0.39 is 11.7 Å². The zero-order chi connectivity index (χ0) is 27.6. The number of carbonyl (C=O) groups excluding carboxylic acids is 3. The summed E-state index contributed by atoms with van der Waals surface area (Å²) in [5, 5.41) is 8.14. The average Bonchev–Trinajstić information content (AvgIpc) is 2.83. The molecule has 0 saturated heterocycles. The number of nitrogens with one attached hydrogen (secondary N) is 3. The lowest BCUT2D eigenvalue weighted by atomic mass is 10.1. The van der Waals surface area contributed by atoms with E-state index in [1.165, 1.54) is 0 Å². The lowest BCUT2D eigenvalue weighted by Gasteiger charge is -2.19. The van der Waals surface area contributed by atoms with E-state index in [-0.39, 0.29) is 11.8 Å². The van der Waals surface area contributed by atoms with Crippen molar-refractivity contribution >= 4 is 17.9 Å². The van der Waals surface area contributed by atoms with E-state index in [9.17, 15) is 14.4 Å². The van der Waals surface area contributed by atoms with E-state index in [0.29, 0.717) is 78.7 Å². The SMILES string of the molecule is CCCOCCOCCCC(=O)CCCCCNC(=O)NCCOCCOCCNC(=O)OC(C)(C)C. The van der Waals surface area contributed by atoms with Crippen LogP contribution in [0.3, 0.4) is 0 Å². The van der Waals surface area contributed by atoms with Crippen LogP contribution in [-0.2, 0) is 28.5 Å². The molecular formula is C26H51N3O8. The highest BCUT2D eigenvalue weighted by Gasteiger charge is 2.15. The monoisotopic (exact) mass is 533 g/mol. The molecule has 0 atom stereocenters. The van der Waals surface area contributed by atoms with Gasteiger partial charge in [0.1, 0.15) is 11.4 Å². The molecule has 11 nitrogen and oxygen atoms in total. The molecule has 0 saturated carbocycles. The minimum absolute atomic E-state index is 0.232. The standard InChI is InChI=1S/C26H51N3O8/c1-5-15-33-19-20-34-16-9-11-23(30)10-7-6-8-12-27-24(31)28-13-17-35-21-22-36-18-14-29-25(32)37-26(2,3)4/h5-22H2,1-4H3,(H,29,32)(H2,27,28,31). The molecule has 3 N–H and O–H groups in total. The van der Waals surface area contributed by atoms with E-state index >= 15 is 0 Å². The zero-order valence-electron chi connectivity index (χ0n) is 23.5. The summed E-state index contributed by atoms with van der Waals surface area (Å²) in [4.78, 5) is 35.1. The molecule has 0 unspecified atom stereocenters. The Labute approximate surface area is 223 Å². The van der Waals surface area contributed by atoms with Gasteiger partial charge in [0.2, 0.25) is 0 Å². The Morgan fingerprint density at radius 3 is 1.76 bits per heavy atom.